The summed E-state index contributed by atoms with van der Waals surface area (Å²) in [5.74, 6) is 1.68. The Labute approximate surface area is 130 Å². The maximum absolute atomic E-state index is 6.38. The third-order valence-corrected chi connectivity index (χ3v) is 4.53. The Bertz CT molecular complexity index is 638. The molecule has 0 bridgehead atoms. The Kier molecular flexibility index (Phi) is 4.09. The van der Waals surface area contributed by atoms with Gasteiger partial charge < -0.3 is 14.0 Å². The van der Waals surface area contributed by atoms with Crippen molar-refractivity contribution in [1.29, 1.82) is 0 Å². The molecule has 2 aromatic rings. The van der Waals surface area contributed by atoms with Crippen LogP contribution in [-0.4, -0.2) is 29.9 Å². The Morgan fingerprint density at radius 2 is 2.14 bits per heavy atom. The standard InChI is InChI=1S/C16H21ClN2O2/c1-10(17)16-18-15-12(7-5-9-14(15)21-3)19(16)11-6-4-8-13(11)20-2/h5,7,9-11,13H,4,6,8H2,1-3H3. The zero-order valence-electron chi connectivity index (χ0n) is 12.7. The van der Waals surface area contributed by atoms with Crippen molar-refractivity contribution in [1.82, 2.24) is 9.55 Å². The van der Waals surface area contributed by atoms with E-state index >= 15 is 0 Å². The van der Waals surface area contributed by atoms with Crippen LogP contribution in [-0.2, 0) is 4.74 Å². The number of aromatic nitrogens is 2. The third kappa shape index (κ3) is 2.40. The van der Waals surface area contributed by atoms with E-state index in [0.29, 0.717) is 6.04 Å². The van der Waals surface area contributed by atoms with E-state index in [0.717, 1.165) is 35.4 Å². The lowest BCUT2D eigenvalue weighted by Gasteiger charge is -2.23. The van der Waals surface area contributed by atoms with Crippen molar-refractivity contribution >= 4 is 22.6 Å². The summed E-state index contributed by atoms with van der Waals surface area (Å²) in [6.07, 6.45) is 3.57. The van der Waals surface area contributed by atoms with E-state index < -0.39 is 0 Å². The van der Waals surface area contributed by atoms with Crippen LogP contribution in [0.5, 0.6) is 5.75 Å². The normalized spacial score (nSPS) is 23.6. The van der Waals surface area contributed by atoms with E-state index in [-0.39, 0.29) is 11.5 Å². The lowest BCUT2D eigenvalue weighted by atomic mass is 10.2. The molecule has 1 aliphatic rings. The minimum atomic E-state index is -0.153. The van der Waals surface area contributed by atoms with E-state index in [4.69, 9.17) is 26.1 Å². The number of alkyl halides is 1. The van der Waals surface area contributed by atoms with Gasteiger partial charge in [0.2, 0.25) is 0 Å². The quantitative estimate of drug-likeness (QED) is 0.798. The van der Waals surface area contributed by atoms with Gasteiger partial charge in [0.1, 0.15) is 17.1 Å². The molecule has 0 aliphatic heterocycles. The molecule has 5 heteroatoms. The second kappa shape index (κ2) is 5.85. The molecule has 3 rings (SSSR count). The fourth-order valence-electron chi connectivity index (χ4n) is 3.38. The van der Waals surface area contributed by atoms with Crippen LogP contribution in [0.4, 0.5) is 0 Å². The zero-order valence-corrected chi connectivity index (χ0v) is 13.4. The predicted molar refractivity (Wildman–Crippen MR) is 84.2 cm³/mol. The van der Waals surface area contributed by atoms with Crippen molar-refractivity contribution in [2.24, 2.45) is 0 Å². The molecule has 1 saturated carbocycles. The van der Waals surface area contributed by atoms with Crippen molar-refractivity contribution in [2.45, 2.75) is 43.7 Å². The van der Waals surface area contributed by atoms with Crippen molar-refractivity contribution in [3.05, 3.63) is 24.0 Å². The summed E-state index contributed by atoms with van der Waals surface area (Å²) in [6, 6.07) is 6.31. The van der Waals surface area contributed by atoms with E-state index in [1.54, 1.807) is 14.2 Å². The highest BCUT2D eigenvalue weighted by molar-refractivity contribution is 6.20. The monoisotopic (exact) mass is 308 g/mol. The summed E-state index contributed by atoms with van der Waals surface area (Å²) in [5.41, 5.74) is 1.95. The van der Waals surface area contributed by atoms with Crippen molar-refractivity contribution in [3.63, 3.8) is 0 Å². The maximum atomic E-state index is 6.38. The van der Waals surface area contributed by atoms with Gasteiger partial charge in [0.25, 0.3) is 0 Å². The highest BCUT2D eigenvalue weighted by atomic mass is 35.5. The van der Waals surface area contributed by atoms with Crippen LogP contribution in [0.1, 0.15) is 43.4 Å². The fraction of sp³-hybridized carbons (Fsp3) is 0.562. The number of rotatable bonds is 4. The number of hydrogen-bond acceptors (Lipinski definition) is 3. The average molecular weight is 309 g/mol. The molecule has 0 spiro atoms. The molecule has 1 aliphatic carbocycles. The second-order valence-corrected chi connectivity index (χ2v) is 6.21. The first-order chi connectivity index (χ1) is 10.2. The van der Waals surface area contributed by atoms with Crippen LogP contribution < -0.4 is 4.74 Å². The highest BCUT2D eigenvalue weighted by Gasteiger charge is 2.32. The minimum absolute atomic E-state index is 0.153. The molecule has 21 heavy (non-hydrogen) atoms. The maximum Gasteiger partial charge on any atom is 0.146 e. The number of hydrogen-bond donors (Lipinski definition) is 0. The molecule has 3 unspecified atom stereocenters. The molecule has 1 aromatic heterocycles. The Balaban J connectivity index is 2.21. The first-order valence-corrected chi connectivity index (χ1v) is 7.82. The van der Waals surface area contributed by atoms with Crippen LogP contribution in [0.2, 0.25) is 0 Å². The fourth-order valence-corrected chi connectivity index (χ4v) is 3.53. The summed E-state index contributed by atoms with van der Waals surface area (Å²) in [7, 11) is 3.46. The molecule has 4 nitrogen and oxygen atoms in total. The van der Waals surface area contributed by atoms with Crippen molar-refractivity contribution in [3.8, 4) is 5.75 Å². The minimum Gasteiger partial charge on any atom is -0.494 e. The summed E-state index contributed by atoms with van der Waals surface area (Å²) in [4.78, 5) is 4.75. The first kappa shape index (κ1) is 14.7. The van der Waals surface area contributed by atoms with Gasteiger partial charge in [-0.2, -0.15) is 0 Å². The molecule has 0 amide bonds. The number of fused-ring (bicyclic) bond motifs is 1. The summed E-state index contributed by atoms with van der Waals surface area (Å²) in [5, 5.41) is -0.153. The molecule has 1 aromatic carbocycles. The van der Waals surface area contributed by atoms with Crippen LogP contribution in [0.3, 0.4) is 0 Å². The van der Waals surface area contributed by atoms with E-state index in [1.165, 1.54) is 6.42 Å². The van der Waals surface area contributed by atoms with Gasteiger partial charge in [-0.1, -0.05) is 6.07 Å². The van der Waals surface area contributed by atoms with Crippen LogP contribution >= 0.6 is 11.6 Å². The molecule has 3 atom stereocenters. The van der Waals surface area contributed by atoms with E-state index in [2.05, 4.69) is 10.6 Å². The van der Waals surface area contributed by atoms with Crippen LogP contribution in [0.25, 0.3) is 11.0 Å². The lowest BCUT2D eigenvalue weighted by Crippen LogP contribution is -2.22. The van der Waals surface area contributed by atoms with Gasteiger partial charge >= 0.3 is 0 Å². The smallest absolute Gasteiger partial charge is 0.146 e. The summed E-state index contributed by atoms with van der Waals surface area (Å²) in [6.45, 7) is 1.96. The Hall–Kier alpha value is -1.26. The number of methoxy groups -OCH3 is 2. The second-order valence-electron chi connectivity index (χ2n) is 5.56. The molecular formula is C16H21ClN2O2. The van der Waals surface area contributed by atoms with Gasteiger partial charge in [0.05, 0.1) is 30.1 Å². The Morgan fingerprint density at radius 1 is 1.33 bits per heavy atom. The lowest BCUT2D eigenvalue weighted by molar-refractivity contribution is 0.0753. The number of ether oxygens (including phenoxy) is 2. The van der Waals surface area contributed by atoms with Crippen LogP contribution in [0, 0.1) is 0 Å². The molecule has 0 N–H and O–H groups in total. The third-order valence-electron chi connectivity index (χ3n) is 4.34. The molecule has 0 radical (unpaired) electrons. The average Bonchev–Trinajstić information content (AvgIpc) is 3.09. The van der Waals surface area contributed by atoms with Gasteiger partial charge in [0.15, 0.2) is 0 Å². The topological polar surface area (TPSA) is 36.3 Å². The van der Waals surface area contributed by atoms with Gasteiger partial charge in [-0.25, -0.2) is 4.98 Å². The highest BCUT2D eigenvalue weighted by Crippen LogP contribution is 2.39. The summed E-state index contributed by atoms with van der Waals surface area (Å²) >= 11 is 6.38. The first-order valence-electron chi connectivity index (χ1n) is 7.39. The van der Waals surface area contributed by atoms with Gasteiger partial charge in [0, 0.05) is 7.11 Å². The SMILES string of the molecule is COc1cccc2c1nc(C(C)Cl)n2C1CCCC1OC. The largest absolute Gasteiger partial charge is 0.494 e. The van der Waals surface area contributed by atoms with Gasteiger partial charge in [-0.15, -0.1) is 11.6 Å². The molecular weight excluding hydrogens is 288 g/mol. The van der Waals surface area contributed by atoms with Crippen LogP contribution in [0.15, 0.2) is 18.2 Å². The van der Waals surface area contributed by atoms with Gasteiger partial charge in [-0.05, 0) is 38.3 Å². The van der Waals surface area contributed by atoms with E-state index in [9.17, 15) is 0 Å². The zero-order chi connectivity index (χ0) is 15.0. The number of imidazole rings is 1. The molecule has 0 saturated heterocycles. The number of nitrogens with zero attached hydrogens (tertiary/aromatic N) is 2. The number of para-hydroxylation sites is 1. The van der Waals surface area contributed by atoms with Crippen molar-refractivity contribution in [2.75, 3.05) is 14.2 Å². The van der Waals surface area contributed by atoms with Crippen molar-refractivity contribution < 1.29 is 9.47 Å². The predicted octanol–water partition coefficient (Wildman–Crippen LogP) is 4.08. The Morgan fingerprint density at radius 3 is 2.81 bits per heavy atom. The molecule has 1 heterocycles. The summed E-state index contributed by atoms with van der Waals surface area (Å²) < 4.78 is 13.4. The number of benzene rings is 1. The molecule has 114 valence electrons. The number of halogens is 1. The van der Waals surface area contributed by atoms with Gasteiger partial charge in [-0.3, -0.25) is 0 Å². The molecule has 1 fully saturated rings. The van der Waals surface area contributed by atoms with E-state index in [1.807, 2.05) is 19.1 Å².